The third kappa shape index (κ3) is 4.08. The minimum absolute atomic E-state index is 0.213. The van der Waals surface area contributed by atoms with Gasteiger partial charge in [-0.3, -0.25) is 9.36 Å². The highest BCUT2D eigenvalue weighted by Crippen LogP contribution is 2.32. The Labute approximate surface area is 197 Å². The quantitative estimate of drug-likeness (QED) is 0.334. The van der Waals surface area contributed by atoms with Crippen molar-refractivity contribution in [2.75, 3.05) is 7.11 Å². The van der Waals surface area contributed by atoms with Gasteiger partial charge in [-0.15, -0.1) is 15.3 Å². The fourth-order valence-electron chi connectivity index (χ4n) is 3.39. The number of nitrogens with zero attached hydrogens (tertiary/aromatic N) is 6. The van der Waals surface area contributed by atoms with Crippen LogP contribution < -0.4 is 10.3 Å². The summed E-state index contributed by atoms with van der Waals surface area (Å²) < 4.78 is 8.49. The zero-order valence-corrected chi connectivity index (χ0v) is 19.0. The largest absolute Gasteiger partial charge is 0.495 e. The SMILES string of the molecule is COc1ccc(-n2c(SCn3nnc4ccccc4c3=O)nnc2-c2ccccc2)cc1Cl. The van der Waals surface area contributed by atoms with Crippen molar-refractivity contribution in [2.24, 2.45) is 0 Å². The van der Waals surface area contributed by atoms with E-state index in [0.717, 1.165) is 11.3 Å². The average molecular weight is 477 g/mol. The number of fused-ring (bicyclic) bond motifs is 1. The number of aromatic nitrogens is 6. The zero-order valence-electron chi connectivity index (χ0n) is 17.4. The second kappa shape index (κ2) is 9.05. The lowest BCUT2D eigenvalue weighted by atomic mass is 10.2. The van der Waals surface area contributed by atoms with Crippen LogP contribution in [-0.4, -0.2) is 36.9 Å². The molecule has 5 aromatic rings. The van der Waals surface area contributed by atoms with Crippen molar-refractivity contribution in [3.63, 3.8) is 0 Å². The van der Waals surface area contributed by atoms with Gasteiger partial charge in [-0.1, -0.05) is 71.0 Å². The maximum absolute atomic E-state index is 12.8. The molecule has 0 spiro atoms. The molecule has 0 aliphatic carbocycles. The summed E-state index contributed by atoms with van der Waals surface area (Å²) in [6.07, 6.45) is 0. The molecule has 0 unspecified atom stereocenters. The first kappa shape index (κ1) is 21.2. The highest BCUT2D eigenvalue weighted by molar-refractivity contribution is 7.98. The van der Waals surface area contributed by atoms with Crippen molar-refractivity contribution in [1.82, 2.24) is 29.8 Å². The van der Waals surface area contributed by atoms with Crippen molar-refractivity contribution in [3.8, 4) is 22.8 Å². The van der Waals surface area contributed by atoms with Gasteiger partial charge in [0.15, 0.2) is 11.0 Å². The molecule has 2 heterocycles. The van der Waals surface area contributed by atoms with Gasteiger partial charge >= 0.3 is 0 Å². The van der Waals surface area contributed by atoms with Crippen LogP contribution in [0.2, 0.25) is 5.02 Å². The summed E-state index contributed by atoms with van der Waals surface area (Å²) in [5, 5.41) is 18.6. The Morgan fingerprint density at radius 1 is 0.970 bits per heavy atom. The Bertz CT molecular complexity index is 1500. The monoisotopic (exact) mass is 476 g/mol. The van der Waals surface area contributed by atoms with E-state index in [1.54, 1.807) is 37.4 Å². The van der Waals surface area contributed by atoms with E-state index < -0.39 is 0 Å². The number of thioether (sulfide) groups is 1. The number of benzene rings is 3. The predicted molar refractivity (Wildman–Crippen MR) is 128 cm³/mol. The molecule has 8 nitrogen and oxygen atoms in total. The molecule has 0 aliphatic heterocycles. The average Bonchev–Trinajstić information content (AvgIpc) is 3.28. The summed E-state index contributed by atoms with van der Waals surface area (Å²) in [5.41, 5.74) is 2.01. The predicted octanol–water partition coefficient (Wildman–Crippen LogP) is 4.45. The van der Waals surface area contributed by atoms with Crippen LogP contribution in [0.4, 0.5) is 0 Å². The standard InChI is InChI=1S/C23H17ClN6O2S/c1-32-20-12-11-16(13-18(20)24)30-21(15-7-3-2-4-8-15)26-27-23(30)33-14-29-22(31)17-9-5-6-10-19(17)25-28-29/h2-13H,14H2,1H3. The topological polar surface area (TPSA) is 87.7 Å². The molecular weight excluding hydrogens is 460 g/mol. The molecule has 0 fully saturated rings. The van der Waals surface area contributed by atoms with E-state index in [4.69, 9.17) is 16.3 Å². The maximum Gasteiger partial charge on any atom is 0.278 e. The van der Waals surface area contributed by atoms with Gasteiger partial charge in [-0.25, -0.2) is 0 Å². The molecule has 0 N–H and O–H groups in total. The van der Waals surface area contributed by atoms with E-state index in [0.29, 0.717) is 32.7 Å². The number of halogens is 1. The van der Waals surface area contributed by atoms with E-state index in [9.17, 15) is 4.79 Å². The molecule has 0 amide bonds. The molecule has 10 heteroatoms. The first-order valence-electron chi connectivity index (χ1n) is 9.96. The Morgan fingerprint density at radius 3 is 2.55 bits per heavy atom. The van der Waals surface area contributed by atoms with Crippen LogP contribution in [0.1, 0.15) is 0 Å². The molecule has 5 rings (SSSR count). The molecule has 0 bridgehead atoms. The summed E-state index contributed by atoms with van der Waals surface area (Å²) in [6, 6.07) is 22.3. The fourth-order valence-corrected chi connectivity index (χ4v) is 4.47. The van der Waals surface area contributed by atoms with E-state index in [1.807, 2.05) is 47.0 Å². The molecular formula is C23H17ClN6O2S. The van der Waals surface area contributed by atoms with Crippen molar-refractivity contribution in [3.05, 3.63) is 88.2 Å². The van der Waals surface area contributed by atoms with Crippen LogP contribution in [0.25, 0.3) is 28.0 Å². The van der Waals surface area contributed by atoms with Gasteiger partial charge in [-0.05, 0) is 30.3 Å². The van der Waals surface area contributed by atoms with Crippen LogP contribution in [-0.2, 0) is 5.88 Å². The molecule has 0 saturated carbocycles. The fraction of sp³-hybridized carbons (Fsp3) is 0.0870. The van der Waals surface area contributed by atoms with E-state index in [2.05, 4.69) is 20.5 Å². The minimum Gasteiger partial charge on any atom is -0.495 e. The van der Waals surface area contributed by atoms with Gasteiger partial charge in [0.05, 0.1) is 29.1 Å². The normalized spacial score (nSPS) is 11.1. The number of hydrogen-bond donors (Lipinski definition) is 0. The number of methoxy groups -OCH3 is 1. The third-order valence-corrected chi connectivity index (χ3v) is 6.20. The molecule has 0 saturated heterocycles. The van der Waals surface area contributed by atoms with Gasteiger partial charge in [0.25, 0.3) is 5.56 Å². The zero-order chi connectivity index (χ0) is 22.8. The molecule has 33 heavy (non-hydrogen) atoms. The number of ether oxygens (including phenoxy) is 1. The van der Waals surface area contributed by atoms with Gasteiger partial charge in [0.1, 0.15) is 11.3 Å². The highest BCUT2D eigenvalue weighted by atomic mass is 35.5. The molecule has 2 aromatic heterocycles. The van der Waals surface area contributed by atoms with Gasteiger partial charge in [0, 0.05) is 5.56 Å². The summed E-state index contributed by atoms with van der Waals surface area (Å²) in [7, 11) is 1.57. The van der Waals surface area contributed by atoms with E-state index in [1.165, 1.54) is 16.4 Å². The minimum atomic E-state index is -0.213. The lowest BCUT2D eigenvalue weighted by molar-refractivity contribution is 0.415. The second-order valence-electron chi connectivity index (χ2n) is 7.01. The van der Waals surface area contributed by atoms with Crippen molar-refractivity contribution in [1.29, 1.82) is 0 Å². The summed E-state index contributed by atoms with van der Waals surface area (Å²) in [4.78, 5) is 12.8. The molecule has 3 aromatic carbocycles. The Hall–Kier alpha value is -3.69. The van der Waals surface area contributed by atoms with Crippen LogP contribution in [0.5, 0.6) is 5.75 Å². The number of hydrogen-bond acceptors (Lipinski definition) is 7. The molecule has 0 radical (unpaired) electrons. The van der Waals surface area contributed by atoms with Gasteiger partial charge < -0.3 is 4.74 Å². The Balaban J connectivity index is 1.55. The molecule has 164 valence electrons. The van der Waals surface area contributed by atoms with E-state index >= 15 is 0 Å². The maximum atomic E-state index is 12.8. The van der Waals surface area contributed by atoms with E-state index in [-0.39, 0.29) is 11.4 Å². The lowest BCUT2D eigenvalue weighted by Crippen LogP contribution is -2.23. The first-order valence-corrected chi connectivity index (χ1v) is 11.3. The van der Waals surface area contributed by atoms with Crippen LogP contribution in [0, 0.1) is 0 Å². The first-order chi connectivity index (χ1) is 16.2. The smallest absolute Gasteiger partial charge is 0.278 e. The lowest BCUT2D eigenvalue weighted by Gasteiger charge is -2.12. The van der Waals surface area contributed by atoms with Gasteiger partial charge in [0.2, 0.25) is 0 Å². The third-order valence-electron chi connectivity index (χ3n) is 5.00. The van der Waals surface area contributed by atoms with Crippen LogP contribution >= 0.6 is 23.4 Å². The highest BCUT2D eigenvalue weighted by Gasteiger charge is 2.18. The molecule has 0 aliphatic rings. The van der Waals surface area contributed by atoms with Crippen molar-refractivity contribution < 1.29 is 4.74 Å². The Morgan fingerprint density at radius 2 is 1.76 bits per heavy atom. The van der Waals surface area contributed by atoms with Crippen LogP contribution in [0.3, 0.4) is 0 Å². The summed E-state index contributed by atoms with van der Waals surface area (Å²) in [5.74, 6) is 1.44. The van der Waals surface area contributed by atoms with Gasteiger partial charge in [-0.2, -0.15) is 4.68 Å². The molecule has 0 atom stereocenters. The number of rotatable bonds is 6. The second-order valence-corrected chi connectivity index (χ2v) is 8.33. The summed E-state index contributed by atoms with van der Waals surface area (Å²) >= 11 is 7.72. The van der Waals surface area contributed by atoms with Crippen LogP contribution in [0.15, 0.2) is 82.7 Å². The van der Waals surface area contributed by atoms with Crippen molar-refractivity contribution >= 4 is 34.3 Å². The summed E-state index contributed by atoms with van der Waals surface area (Å²) in [6.45, 7) is 0. The Kier molecular flexibility index (Phi) is 5.80. The van der Waals surface area contributed by atoms with Crippen molar-refractivity contribution in [2.45, 2.75) is 11.0 Å².